The summed E-state index contributed by atoms with van der Waals surface area (Å²) >= 11 is 0. The van der Waals surface area contributed by atoms with E-state index in [9.17, 15) is 9.59 Å². The molecule has 5 nitrogen and oxygen atoms in total. The number of nitrogens with zero attached hydrogens (tertiary/aromatic N) is 1. The van der Waals surface area contributed by atoms with Gasteiger partial charge in [-0.1, -0.05) is 34.6 Å². The van der Waals surface area contributed by atoms with Crippen molar-refractivity contribution in [3.8, 4) is 0 Å². The summed E-state index contributed by atoms with van der Waals surface area (Å²) in [6.45, 7) is 12.8. The molecule has 25 heavy (non-hydrogen) atoms. The Hall–Kier alpha value is -1.10. The van der Waals surface area contributed by atoms with Gasteiger partial charge in [0.1, 0.15) is 11.8 Å². The summed E-state index contributed by atoms with van der Waals surface area (Å²) < 4.78 is 6.17. The molecule has 2 rings (SSSR count). The lowest BCUT2D eigenvalue weighted by Gasteiger charge is -2.43. The van der Waals surface area contributed by atoms with Gasteiger partial charge in [-0.05, 0) is 50.4 Å². The van der Waals surface area contributed by atoms with Crippen molar-refractivity contribution in [2.24, 2.45) is 11.3 Å². The van der Waals surface area contributed by atoms with E-state index in [0.29, 0.717) is 18.9 Å². The highest BCUT2D eigenvalue weighted by Gasteiger charge is 2.53. The van der Waals surface area contributed by atoms with Crippen LogP contribution in [0, 0.1) is 11.3 Å². The molecule has 0 radical (unpaired) electrons. The van der Waals surface area contributed by atoms with E-state index < -0.39 is 11.8 Å². The van der Waals surface area contributed by atoms with Gasteiger partial charge in [0.05, 0.1) is 6.61 Å². The van der Waals surface area contributed by atoms with Crippen LogP contribution < -0.4 is 5.32 Å². The van der Waals surface area contributed by atoms with Gasteiger partial charge in [0, 0.05) is 12.5 Å². The quantitative estimate of drug-likeness (QED) is 0.843. The van der Waals surface area contributed by atoms with E-state index in [1.165, 1.54) is 0 Å². The fourth-order valence-corrected chi connectivity index (χ4v) is 3.83. The van der Waals surface area contributed by atoms with Gasteiger partial charge >= 0.3 is 0 Å². The van der Waals surface area contributed by atoms with Gasteiger partial charge in [0.25, 0.3) is 0 Å². The molecule has 1 spiro atoms. The lowest BCUT2D eigenvalue weighted by Crippen LogP contribution is -2.57. The molecule has 0 bridgehead atoms. The number of carbonyl (C=O) groups excluding carboxylic acids is 2. The Bertz CT molecular complexity index is 490. The van der Waals surface area contributed by atoms with E-state index in [-0.39, 0.29) is 23.3 Å². The van der Waals surface area contributed by atoms with Crippen LogP contribution in [-0.4, -0.2) is 41.1 Å². The monoisotopic (exact) mass is 352 g/mol. The molecule has 2 atom stereocenters. The van der Waals surface area contributed by atoms with Gasteiger partial charge in [-0.25, -0.2) is 0 Å². The van der Waals surface area contributed by atoms with Gasteiger partial charge in [-0.15, -0.1) is 0 Å². The minimum Gasteiger partial charge on any atom is -0.353 e. The summed E-state index contributed by atoms with van der Waals surface area (Å²) in [4.78, 5) is 27.8. The third-order valence-corrected chi connectivity index (χ3v) is 5.57. The summed E-state index contributed by atoms with van der Waals surface area (Å²) in [6, 6.07) is -0.396. The summed E-state index contributed by atoms with van der Waals surface area (Å²) in [7, 11) is 0. The van der Waals surface area contributed by atoms with Crippen molar-refractivity contribution < 1.29 is 14.3 Å². The molecule has 0 aromatic rings. The number of ether oxygens (including phenoxy) is 1. The molecule has 2 fully saturated rings. The molecule has 1 aliphatic heterocycles. The Balaban J connectivity index is 2.24. The van der Waals surface area contributed by atoms with E-state index >= 15 is 0 Å². The third kappa shape index (κ3) is 4.75. The van der Waals surface area contributed by atoms with Crippen LogP contribution in [0.4, 0.5) is 0 Å². The van der Waals surface area contributed by atoms with Crippen LogP contribution in [0.1, 0.15) is 80.1 Å². The van der Waals surface area contributed by atoms with Crippen molar-refractivity contribution in [1.29, 1.82) is 0 Å². The van der Waals surface area contributed by atoms with E-state index in [2.05, 4.69) is 33.0 Å². The molecule has 2 unspecified atom stereocenters. The maximum Gasteiger partial charge on any atom is 0.245 e. The molecule has 2 aliphatic rings. The Labute approximate surface area is 152 Å². The number of carbonyl (C=O) groups is 2. The Kier molecular flexibility index (Phi) is 6.18. The molecular weight excluding hydrogens is 316 g/mol. The molecule has 0 aromatic carbocycles. The smallest absolute Gasteiger partial charge is 0.245 e. The standard InChI is InChI=1S/C20H36N2O3/c1-7-15(3)21-18(24)16-13-25-20(10-8-14(2)9-11-20)22(16)17(23)12-19(4,5)6/h14-16H,7-13H2,1-6H3,(H,21,24). The molecule has 1 heterocycles. The first-order chi connectivity index (χ1) is 11.6. The van der Waals surface area contributed by atoms with Crippen molar-refractivity contribution >= 4 is 11.8 Å². The van der Waals surface area contributed by atoms with Crippen LogP contribution in [0.2, 0.25) is 0 Å². The van der Waals surface area contributed by atoms with E-state index in [4.69, 9.17) is 4.74 Å². The fraction of sp³-hybridized carbons (Fsp3) is 0.900. The molecule has 2 amide bonds. The highest BCUT2D eigenvalue weighted by molar-refractivity contribution is 5.89. The second-order valence-electron chi connectivity index (χ2n) is 9.27. The summed E-state index contributed by atoms with van der Waals surface area (Å²) in [5, 5.41) is 3.04. The van der Waals surface area contributed by atoms with Crippen molar-refractivity contribution in [1.82, 2.24) is 10.2 Å². The highest BCUT2D eigenvalue weighted by Crippen LogP contribution is 2.43. The second-order valence-corrected chi connectivity index (χ2v) is 9.27. The molecule has 0 aromatic heterocycles. The van der Waals surface area contributed by atoms with Crippen molar-refractivity contribution in [3.05, 3.63) is 0 Å². The first-order valence-corrected chi connectivity index (χ1v) is 9.84. The molecule has 1 aliphatic carbocycles. The maximum absolute atomic E-state index is 13.2. The second kappa shape index (κ2) is 7.65. The maximum atomic E-state index is 13.2. The topological polar surface area (TPSA) is 58.6 Å². The number of nitrogens with one attached hydrogen (secondary N) is 1. The number of hydrogen-bond acceptors (Lipinski definition) is 3. The molecule has 1 saturated heterocycles. The van der Waals surface area contributed by atoms with Crippen LogP contribution in [0.5, 0.6) is 0 Å². The van der Waals surface area contributed by atoms with E-state index in [1.54, 1.807) is 0 Å². The lowest BCUT2D eigenvalue weighted by molar-refractivity contribution is -0.163. The van der Waals surface area contributed by atoms with Gasteiger partial charge in [-0.3, -0.25) is 14.5 Å². The minimum atomic E-state index is -0.577. The third-order valence-electron chi connectivity index (χ3n) is 5.57. The minimum absolute atomic E-state index is 0.0452. The fourth-order valence-electron chi connectivity index (χ4n) is 3.83. The predicted molar refractivity (Wildman–Crippen MR) is 98.9 cm³/mol. The SMILES string of the molecule is CCC(C)NC(=O)C1COC2(CCC(C)CC2)N1C(=O)CC(C)(C)C. The van der Waals surface area contributed by atoms with Gasteiger partial charge < -0.3 is 10.1 Å². The zero-order valence-corrected chi connectivity index (χ0v) is 16.9. The largest absolute Gasteiger partial charge is 0.353 e. The Morgan fingerprint density at radius 2 is 1.88 bits per heavy atom. The first-order valence-electron chi connectivity index (χ1n) is 9.84. The predicted octanol–water partition coefficient (Wildman–Crippen LogP) is 3.47. The number of amides is 2. The molecule has 5 heteroatoms. The van der Waals surface area contributed by atoms with Crippen LogP contribution in [-0.2, 0) is 14.3 Å². The van der Waals surface area contributed by atoms with Crippen molar-refractivity contribution in [2.75, 3.05) is 6.61 Å². The molecular formula is C20H36N2O3. The normalized spacial score (nSPS) is 31.2. The average Bonchev–Trinajstić information content (AvgIpc) is 2.88. The Morgan fingerprint density at radius 3 is 2.40 bits per heavy atom. The molecule has 1 N–H and O–H groups in total. The summed E-state index contributed by atoms with van der Waals surface area (Å²) in [5.74, 6) is 0.623. The summed E-state index contributed by atoms with van der Waals surface area (Å²) in [6.07, 6.45) is 5.05. The Morgan fingerprint density at radius 1 is 1.28 bits per heavy atom. The molecule has 144 valence electrons. The van der Waals surface area contributed by atoms with Crippen molar-refractivity contribution in [2.45, 2.75) is 97.9 Å². The lowest BCUT2D eigenvalue weighted by atomic mass is 9.82. The van der Waals surface area contributed by atoms with Crippen LogP contribution in [0.15, 0.2) is 0 Å². The number of rotatable bonds is 4. The molecule has 1 saturated carbocycles. The van der Waals surface area contributed by atoms with Crippen LogP contribution >= 0.6 is 0 Å². The van der Waals surface area contributed by atoms with Crippen LogP contribution in [0.25, 0.3) is 0 Å². The average molecular weight is 353 g/mol. The van der Waals surface area contributed by atoms with Gasteiger partial charge in [-0.2, -0.15) is 0 Å². The highest BCUT2D eigenvalue weighted by atomic mass is 16.5. The van der Waals surface area contributed by atoms with Crippen LogP contribution in [0.3, 0.4) is 0 Å². The van der Waals surface area contributed by atoms with Gasteiger partial charge in [0.15, 0.2) is 0 Å². The zero-order valence-electron chi connectivity index (χ0n) is 16.9. The van der Waals surface area contributed by atoms with Gasteiger partial charge in [0.2, 0.25) is 11.8 Å². The first kappa shape index (κ1) is 20.2. The van der Waals surface area contributed by atoms with E-state index in [0.717, 1.165) is 32.1 Å². The van der Waals surface area contributed by atoms with E-state index in [1.807, 2.05) is 18.7 Å². The van der Waals surface area contributed by atoms with Crippen molar-refractivity contribution in [3.63, 3.8) is 0 Å². The number of hydrogen-bond donors (Lipinski definition) is 1. The summed E-state index contributed by atoms with van der Waals surface area (Å²) in [5.41, 5.74) is -0.688. The zero-order chi connectivity index (χ0) is 18.8.